The fraction of sp³-hybridized carbons (Fsp3) is 0.708. The Kier molecular flexibility index (Phi) is 5.35. The van der Waals surface area contributed by atoms with Crippen LogP contribution in [0.15, 0.2) is 30.3 Å². The lowest BCUT2D eigenvalue weighted by molar-refractivity contribution is -0.199. The molecule has 2 heterocycles. The van der Waals surface area contributed by atoms with Crippen molar-refractivity contribution in [1.29, 1.82) is 0 Å². The molecule has 6 rings (SSSR count). The van der Waals surface area contributed by atoms with Crippen molar-refractivity contribution in [3.05, 3.63) is 35.9 Å². The van der Waals surface area contributed by atoms with Crippen LogP contribution in [0.3, 0.4) is 0 Å². The van der Waals surface area contributed by atoms with E-state index in [1.165, 1.54) is 6.42 Å². The van der Waals surface area contributed by atoms with E-state index in [0.717, 1.165) is 31.5 Å². The molecule has 0 aromatic heterocycles. The van der Waals surface area contributed by atoms with E-state index in [1.54, 1.807) is 4.90 Å². The Balaban J connectivity index is 1.36. The smallest absolute Gasteiger partial charge is 0.445 e. The molecule has 6 atom stereocenters. The molecule has 0 spiro atoms. The summed E-state index contributed by atoms with van der Waals surface area (Å²) in [4.78, 5) is 14.7. The fourth-order valence-electron chi connectivity index (χ4n) is 6.42. The van der Waals surface area contributed by atoms with Crippen LogP contribution in [0.1, 0.15) is 45.6 Å². The van der Waals surface area contributed by atoms with Gasteiger partial charge in [-0.3, -0.25) is 0 Å². The minimum atomic E-state index is -0.454. The number of nitrogens with zero attached hydrogens (tertiary/aromatic N) is 1. The van der Waals surface area contributed by atoms with E-state index >= 15 is 0 Å². The second kappa shape index (κ2) is 7.78. The van der Waals surface area contributed by atoms with Crippen molar-refractivity contribution in [2.45, 2.75) is 70.2 Å². The van der Waals surface area contributed by atoms with E-state index in [9.17, 15) is 4.79 Å². The summed E-state index contributed by atoms with van der Waals surface area (Å²) in [6.07, 6.45) is 3.51. The molecule has 7 heteroatoms. The molecule has 6 nitrogen and oxygen atoms in total. The van der Waals surface area contributed by atoms with E-state index in [0.29, 0.717) is 23.7 Å². The van der Waals surface area contributed by atoms with Crippen LogP contribution in [0.5, 0.6) is 0 Å². The third kappa shape index (κ3) is 3.59. The van der Waals surface area contributed by atoms with Gasteiger partial charge >= 0.3 is 13.2 Å². The summed E-state index contributed by atoms with van der Waals surface area (Å²) in [7, 11) is 1.36. The second-order valence-electron chi connectivity index (χ2n) is 10.7. The van der Waals surface area contributed by atoms with Gasteiger partial charge in [0.15, 0.2) is 0 Å². The number of carbonyl (C=O) groups excluding carboxylic acids is 1. The molecular formula is C24H35BN2O4. The highest BCUT2D eigenvalue weighted by atomic mass is 16.7. The Labute approximate surface area is 186 Å². The van der Waals surface area contributed by atoms with Gasteiger partial charge in [0, 0.05) is 13.6 Å². The first-order valence-corrected chi connectivity index (χ1v) is 11.8. The zero-order valence-corrected chi connectivity index (χ0v) is 19.2. The highest BCUT2D eigenvalue weighted by Crippen LogP contribution is 2.65. The summed E-state index contributed by atoms with van der Waals surface area (Å²) in [6, 6.07) is 10.3. The lowest BCUT2D eigenvalue weighted by Crippen LogP contribution is -2.65. The normalized spacial score (nSPS) is 36.5. The summed E-state index contributed by atoms with van der Waals surface area (Å²) >= 11 is 0. The molecule has 168 valence electrons. The standard InChI is InChI=1S/C24H35BN2O4/c1-23(2)17-13-19(23)24(3)20(14-17)30-25(31-24)21(12-16-8-6-5-7-9-16)27(4)22(28)29-18-10-11-26-15-18/h5-9,17-21,26H,10-15H2,1-4H3/t17-,18-,19-,20+,21?,24-/m0/s1. The second-order valence-corrected chi connectivity index (χ2v) is 10.7. The molecule has 5 aliphatic rings. The quantitative estimate of drug-likeness (QED) is 0.733. The fourth-order valence-corrected chi connectivity index (χ4v) is 6.42. The average Bonchev–Trinajstić information content (AvgIpc) is 3.38. The van der Waals surface area contributed by atoms with Crippen molar-refractivity contribution in [1.82, 2.24) is 10.2 Å². The summed E-state index contributed by atoms with van der Waals surface area (Å²) < 4.78 is 19.1. The third-order valence-electron chi connectivity index (χ3n) is 8.64. The van der Waals surface area contributed by atoms with Crippen molar-refractivity contribution in [2.75, 3.05) is 20.1 Å². The lowest BCUT2D eigenvalue weighted by Gasteiger charge is -2.64. The summed E-state index contributed by atoms with van der Waals surface area (Å²) in [5.41, 5.74) is 1.16. The van der Waals surface area contributed by atoms with Crippen LogP contribution in [0.25, 0.3) is 0 Å². The van der Waals surface area contributed by atoms with Crippen molar-refractivity contribution in [3.63, 3.8) is 0 Å². The molecule has 0 radical (unpaired) electrons. The molecule has 1 N–H and O–H groups in total. The Hall–Kier alpha value is -1.57. The van der Waals surface area contributed by atoms with Gasteiger partial charge in [-0.05, 0) is 62.0 Å². The molecule has 1 aromatic rings. The van der Waals surface area contributed by atoms with Crippen LogP contribution in [-0.2, 0) is 20.5 Å². The maximum Gasteiger partial charge on any atom is 0.482 e. The highest BCUT2D eigenvalue weighted by molar-refractivity contribution is 6.47. The predicted octanol–water partition coefficient (Wildman–Crippen LogP) is 3.30. The number of ether oxygens (including phenoxy) is 1. The maximum atomic E-state index is 13.0. The van der Waals surface area contributed by atoms with Crippen LogP contribution in [0.4, 0.5) is 4.79 Å². The van der Waals surface area contributed by atoms with Gasteiger partial charge in [0.25, 0.3) is 0 Å². The molecular weight excluding hydrogens is 391 g/mol. The summed E-state index contributed by atoms with van der Waals surface area (Å²) in [5.74, 6) is 0.947. The maximum absolute atomic E-state index is 13.0. The van der Waals surface area contributed by atoms with E-state index < -0.39 is 7.12 Å². The zero-order valence-electron chi connectivity index (χ0n) is 19.2. The van der Waals surface area contributed by atoms with Crippen molar-refractivity contribution < 1.29 is 18.8 Å². The van der Waals surface area contributed by atoms with E-state index in [-0.39, 0.29) is 29.8 Å². The number of hydrogen-bond acceptors (Lipinski definition) is 5. The molecule has 31 heavy (non-hydrogen) atoms. The first-order valence-electron chi connectivity index (χ1n) is 11.8. The highest BCUT2D eigenvalue weighted by Gasteiger charge is 2.68. The third-order valence-corrected chi connectivity index (χ3v) is 8.64. The predicted molar refractivity (Wildman–Crippen MR) is 120 cm³/mol. The largest absolute Gasteiger partial charge is 0.482 e. The molecule has 3 aliphatic carbocycles. The minimum Gasteiger partial charge on any atom is -0.445 e. The average molecular weight is 426 g/mol. The topological polar surface area (TPSA) is 60.0 Å². The zero-order chi connectivity index (χ0) is 21.8. The number of hydrogen-bond donors (Lipinski definition) is 1. The van der Waals surface area contributed by atoms with Crippen LogP contribution >= 0.6 is 0 Å². The molecule has 3 saturated carbocycles. The van der Waals surface area contributed by atoms with Crippen LogP contribution in [0, 0.1) is 17.3 Å². The molecule has 2 bridgehead atoms. The SMILES string of the molecule is CN(C(=O)O[C@H]1CCNC1)C(Cc1ccccc1)B1O[C@@H]2C[C@@H]3C[C@@H](C3(C)C)[C@]2(C)O1. The van der Waals surface area contributed by atoms with Crippen molar-refractivity contribution >= 4 is 13.2 Å². The van der Waals surface area contributed by atoms with Crippen molar-refractivity contribution in [2.24, 2.45) is 17.3 Å². The molecule has 5 fully saturated rings. The number of likely N-dealkylation sites (N-methyl/N-ethyl adjacent to an activating group) is 1. The molecule has 2 aliphatic heterocycles. The van der Waals surface area contributed by atoms with Gasteiger partial charge in [-0.2, -0.15) is 0 Å². The molecule has 2 saturated heterocycles. The van der Waals surface area contributed by atoms with Gasteiger partial charge < -0.3 is 24.3 Å². The molecule has 1 aromatic carbocycles. The van der Waals surface area contributed by atoms with Gasteiger partial charge in [-0.25, -0.2) is 4.79 Å². The Morgan fingerprint density at radius 3 is 2.74 bits per heavy atom. The molecule has 1 unspecified atom stereocenters. The molecule has 1 amide bonds. The monoisotopic (exact) mass is 426 g/mol. The van der Waals surface area contributed by atoms with Crippen molar-refractivity contribution in [3.8, 4) is 0 Å². The first-order chi connectivity index (χ1) is 14.8. The van der Waals surface area contributed by atoms with Crippen LogP contribution in [0.2, 0.25) is 0 Å². The number of amides is 1. The summed E-state index contributed by atoms with van der Waals surface area (Å²) in [5, 5.41) is 3.25. The Bertz CT molecular complexity index is 815. The Morgan fingerprint density at radius 2 is 2.06 bits per heavy atom. The van der Waals surface area contributed by atoms with Gasteiger partial charge in [0.2, 0.25) is 0 Å². The Morgan fingerprint density at radius 1 is 1.29 bits per heavy atom. The van der Waals surface area contributed by atoms with Crippen LogP contribution in [-0.4, -0.2) is 62.0 Å². The van der Waals surface area contributed by atoms with Crippen LogP contribution < -0.4 is 5.32 Å². The summed E-state index contributed by atoms with van der Waals surface area (Å²) in [6.45, 7) is 8.57. The number of nitrogens with one attached hydrogen (secondary N) is 1. The minimum absolute atomic E-state index is 0.0640. The van der Waals surface area contributed by atoms with E-state index in [1.807, 2.05) is 25.2 Å². The van der Waals surface area contributed by atoms with Gasteiger partial charge in [0.1, 0.15) is 6.10 Å². The first kappa shape index (κ1) is 21.3. The number of carbonyl (C=O) groups is 1. The van der Waals surface area contributed by atoms with E-state index in [4.69, 9.17) is 14.0 Å². The van der Waals surface area contributed by atoms with Gasteiger partial charge in [-0.1, -0.05) is 44.2 Å². The van der Waals surface area contributed by atoms with Gasteiger partial charge in [-0.15, -0.1) is 0 Å². The van der Waals surface area contributed by atoms with E-state index in [2.05, 4.69) is 38.2 Å². The van der Waals surface area contributed by atoms with Gasteiger partial charge in [0.05, 0.1) is 17.6 Å². The number of rotatable bonds is 5. The number of benzene rings is 1. The lowest BCUT2D eigenvalue weighted by atomic mass is 9.43.